The molecule has 3 aromatic heterocycles. The Morgan fingerprint density at radius 2 is 1.80 bits per heavy atom. The number of hydrogen-bond acceptors (Lipinski definition) is 8. The Kier molecular flexibility index (Phi) is 8.17. The summed E-state index contributed by atoms with van der Waals surface area (Å²) in [5, 5.41) is 3.69. The lowest BCUT2D eigenvalue weighted by Gasteiger charge is -2.35. The van der Waals surface area contributed by atoms with Gasteiger partial charge in [0.05, 0.1) is 40.5 Å². The molecule has 50 heavy (non-hydrogen) atoms. The normalized spacial score (nSPS) is 17.5. The van der Waals surface area contributed by atoms with Crippen molar-refractivity contribution in [2.24, 2.45) is 0 Å². The summed E-state index contributed by atoms with van der Waals surface area (Å²) in [6, 6.07) is 11.2. The number of piperazine rings is 1. The predicted octanol–water partition coefficient (Wildman–Crippen LogP) is 4.60. The zero-order valence-corrected chi connectivity index (χ0v) is 27.9. The maximum absolute atomic E-state index is 14.3. The van der Waals surface area contributed by atoms with Crippen LogP contribution < -0.4 is 5.73 Å². The first kappa shape index (κ1) is 33.3. The SMILES string of the molecule is CC1=CCC(S(=O)(=O)n2c(C(=O)c3cnn(-c4ccc5[nH]c(C)nc5c4)c3N)cc3cc(C(=O)N4CCN(CC(F)(F)F)CC4)ccc32)C=C1. The standard InChI is InChI=1S/C34H33F3N8O4S/c1-20-3-7-25(8-4-20)50(48,49)45-29-10-5-22(33(47)43-13-11-42(12-14-43)19-34(35,36)37)15-23(29)16-30(45)31(46)26-18-39-44(32(26)38)24-6-9-27-28(17-24)41-21(2)40-27/h3-7,9-10,15-18,25H,8,11-14,19,38H2,1-2H3,(H,40,41). The first-order valence-electron chi connectivity index (χ1n) is 15.9. The minimum absolute atomic E-state index is 0.00698. The molecule has 1 saturated heterocycles. The first-order chi connectivity index (χ1) is 23.7. The molecule has 16 heteroatoms. The molecule has 2 aliphatic rings. The molecule has 1 aliphatic carbocycles. The highest BCUT2D eigenvalue weighted by Gasteiger charge is 2.35. The number of H-pyrrole nitrogens is 1. The van der Waals surface area contributed by atoms with Crippen molar-refractivity contribution >= 4 is 49.5 Å². The number of fused-ring (bicyclic) bond motifs is 2. The van der Waals surface area contributed by atoms with Crippen molar-refractivity contribution in [3.05, 3.63) is 95.1 Å². The number of hydrogen-bond donors (Lipinski definition) is 2. The molecule has 4 heterocycles. The van der Waals surface area contributed by atoms with Crippen LogP contribution in [0.15, 0.2) is 72.5 Å². The number of nitrogens with one attached hydrogen (secondary N) is 1. The van der Waals surface area contributed by atoms with Gasteiger partial charge in [0.2, 0.25) is 15.8 Å². The molecule has 260 valence electrons. The Hall–Kier alpha value is -5.22. The molecule has 0 radical (unpaired) electrons. The van der Waals surface area contributed by atoms with Gasteiger partial charge in [-0.25, -0.2) is 22.1 Å². The molecule has 1 aliphatic heterocycles. The molecule has 0 saturated carbocycles. The van der Waals surface area contributed by atoms with E-state index < -0.39 is 39.7 Å². The lowest BCUT2D eigenvalue weighted by molar-refractivity contribution is -0.148. The van der Waals surface area contributed by atoms with E-state index >= 15 is 0 Å². The summed E-state index contributed by atoms with van der Waals surface area (Å²) in [4.78, 5) is 38.0. The van der Waals surface area contributed by atoms with Crippen LogP contribution in [0, 0.1) is 6.92 Å². The summed E-state index contributed by atoms with van der Waals surface area (Å²) in [6.45, 7) is 2.97. The van der Waals surface area contributed by atoms with Gasteiger partial charge in [0.15, 0.2) is 0 Å². The molecule has 1 fully saturated rings. The van der Waals surface area contributed by atoms with Crippen molar-refractivity contribution in [3.8, 4) is 5.69 Å². The number of alkyl halides is 3. The second-order valence-electron chi connectivity index (χ2n) is 12.6. The van der Waals surface area contributed by atoms with Crippen molar-refractivity contribution < 1.29 is 31.2 Å². The highest BCUT2D eigenvalue weighted by Crippen LogP contribution is 2.31. The summed E-state index contributed by atoms with van der Waals surface area (Å²) in [5.74, 6) is -0.382. The number of aromatic amines is 1. The van der Waals surface area contributed by atoms with E-state index in [0.29, 0.717) is 16.6 Å². The monoisotopic (exact) mass is 706 g/mol. The number of amides is 1. The van der Waals surface area contributed by atoms with E-state index in [9.17, 15) is 31.2 Å². The number of nitrogens with two attached hydrogens (primary N) is 1. The van der Waals surface area contributed by atoms with Gasteiger partial charge in [-0.1, -0.05) is 23.8 Å². The molecular weight excluding hydrogens is 673 g/mol. The number of anilines is 1. The second kappa shape index (κ2) is 12.3. The number of nitrogens with zero attached hydrogens (tertiary/aromatic N) is 6. The summed E-state index contributed by atoms with van der Waals surface area (Å²) in [5.41, 5.74) is 9.61. The van der Waals surface area contributed by atoms with Crippen LogP contribution in [-0.4, -0.2) is 97.8 Å². The number of carbonyl (C=O) groups is 2. The Bertz CT molecular complexity index is 2340. The number of aryl methyl sites for hydroxylation is 1. The molecule has 0 bridgehead atoms. The number of benzene rings is 2. The molecule has 5 aromatic rings. The van der Waals surface area contributed by atoms with Crippen LogP contribution in [-0.2, 0) is 10.0 Å². The summed E-state index contributed by atoms with van der Waals surface area (Å²) in [7, 11) is -4.22. The van der Waals surface area contributed by atoms with Crippen LogP contribution >= 0.6 is 0 Å². The van der Waals surface area contributed by atoms with E-state index in [0.717, 1.165) is 20.9 Å². The van der Waals surface area contributed by atoms with Crippen LogP contribution in [0.2, 0.25) is 0 Å². The third-order valence-electron chi connectivity index (χ3n) is 9.06. The number of allylic oxidation sites excluding steroid dienone is 3. The van der Waals surface area contributed by atoms with Gasteiger partial charge in [0, 0.05) is 37.1 Å². The van der Waals surface area contributed by atoms with Crippen molar-refractivity contribution in [3.63, 3.8) is 0 Å². The number of rotatable bonds is 7. The zero-order chi connectivity index (χ0) is 35.5. The van der Waals surface area contributed by atoms with Crippen LogP contribution in [0.25, 0.3) is 27.6 Å². The molecule has 1 amide bonds. The molecule has 3 N–H and O–H groups in total. The van der Waals surface area contributed by atoms with E-state index in [1.807, 2.05) is 19.9 Å². The van der Waals surface area contributed by atoms with Gasteiger partial charge in [-0.3, -0.25) is 14.5 Å². The quantitative estimate of drug-likeness (QED) is 0.233. The molecule has 2 aromatic carbocycles. The van der Waals surface area contributed by atoms with Gasteiger partial charge in [0.1, 0.15) is 22.6 Å². The number of carbonyl (C=O) groups excluding carboxylic acids is 2. The fourth-order valence-corrected chi connectivity index (χ4v) is 8.23. The highest BCUT2D eigenvalue weighted by molar-refractivity contribution is 7.91. The molecule has 1 atom stereocenters. The van der Waals surface area contributed by atoms with Gasteiger partial charge in [-0.15, -0.1) is 0 Å². The van der Waals surface area contributed by atoms with Crippen molar-refractivity contribution in [2.75, 3.05) is 38.5 Å². The third-order valence-corrected chi connectivity index (χ3v) is 11.1. The number of imidazole rings is 1. The van der Waals surface area contributed by atoms with E-state index in [2.05, 4.69) is 15.1 Å². The van der Waals surface area contributed by atoms with Gasteiger partial charge in [-0.05, 0) is 62.7 Å². The summed E-state index contributed by atoms with van der Waals surface area (Å²) in [6.07, 6.45) is 2.25. The second-order valence-corrected chi connectivity index (χ2v) is 14.6. The smallest absolute Gasteiger partial charge is 0.383 e. The van der Waals surface area contributed by atoms with Gasteiger partial charge < -0.3 is 15.6 Å². The Balaban J connectivity index is 1.26. The predicted molar refractivity (Wildman–Crippen MR) is 182 cm³/mol. The molecule has 12 nitrogen and oxygen atoms in total. The largest absolute Gasteiger partial charge is 0.401 e. The Morgan fingerprint density at radius 3 is 2.50 bits per heavy atom. The number of ketones is 1. The summed E-state index contributed by atoms with van der Waals surface area (Å²) >= 11 is 0. The number of nitrogen functional groups attached to an aromatic ring is 1. The minimum atomic E-state index is -4.33. The number of aromatic nitrogens is 5. The van der Waals surface area contributed by atoms with Crippen molar-refractivity contribution in [2.45, 2.75) is 31.7 Å². The van der Waals surface area contributed by atoms with Gasteiger partial charge >= 0.3 is 6.18 Å². The van der Waals surface area contributed by atoms with Gasteiger partial charge in [0.25, 0.3) is 5.91 Å². The van der Waals surface area contributed by atoms with Crippen LogP contribution in [0.3, 0.4) is 0 Å². The Morgan fingerprint density at radius 1 is 1.04 bits per heavy atom. The van der Waals surface area contributed by atoms with Gasteiger partial charge in [-0.2, -0.15) is 18.3 Å². The fourth-order valence-electron chi connectivity index (χ4n) is 6.50. The van der Waals surface area contributed by atoms with Crippen molar-refractivity contribution in [1.82, 2.24) is 33.5 Å². The number of halogens is 3. The summed E-state index contributed by atoms with van der Waals surface area (Å²) < 4.78 is 69.5. The topological polar surface area (TPSA) is 152 Å². The first-order valence-corrected chi connectivity index (χ1v) is 17.4. The maximum Gasteiger partial charge on any atom is 0.401 e. The fraction of sp³-hybridized carbons (Fsp3) is 0.294. The lowest BCUT2D eigenvalue weighted by atomic mass is 10.1. The molecule has 1 unspecified atom stereocenters. The molecular formula is C34H33F3N8O4S. The Labute approximate surface area is 284 Å². The minimum Gasteiger partial charge on any atom is -0.383 e. The van der Waals surface area contributed by atoms with Crippen LogP contribution in [0.1, 0.15) is 45.6 Å². The van der Waals surface area contributed by atoms with E-state index in [1.54, 1.807) is 30.4 Å². The van der Waals surface area contributed by atoms with Crippen LogP contribution in [0.5, 0.6) is 0 Å². The maximum atomic E-state index is 14.3. The lowest BCUT2D eigenvalue weighted by Crippen LogP contribution is -2.50. The zero-order valence-electron chi connectivity index (χ0n) is 27.1. The average molecular weight is 707 g/mol. The molecule has 7 rings (SSSR count). The van der Waals surface area contributed by atoms with E-state index in [1.165, 1.54) is 44.9 Å². The van der Waals surface area contributed by atoms with Crippen molar-refractivity contribution in [1.29, 1.82) is 0 Å². The highest BCUT2D eigenvalue weighted by atomic mass is 32.2. The third kappa shape index (κ3) is 6.08. The average Bonchev–Trinajstić information content (AvgIpc) is 3.77. The molecule has 0 spiro atoms. The van der Waals surface area contributed by atoms with E-state index in [4.69, 9.17) is 5.73 Å². The van der Waals surface area contributed by atoms with Crippen LogP contribution in [0.4, 0.5) is 19.0 Å². The van der Waals surface area contributed by atoms with E-state index in [-0.39, 0.29) is 60.8 Å².